The van der Waals surface area contributed by atoms with E-state index >= 15 is 0 Å². The lowest BCUT2D eigenvalue weighted by Gasteiger charge is -2.30. The second-order valence-electron chi connectivity index (χ2n) is 12.7. The third kappa shape index (κ3) is 6.89. The summed E-state index contributed by atoms with van der Waals surface area (Å²) in [6, 6.07) is 3.00. The molecule has 1 saturated carbocycles. The molecule has 2 fully saturated rings. The molecule has 1 aliphatic carbocycles. The summed E-state index contributed by atoms with van der Waals surface area (Å²) in [5, 5.41) is 28.1. The summed E-state index contributed by atoms with van der Waals surface area (Å²) >= 11 is 0. The first-order valence-corrected chi connectivity index (χ1v) is 14.9. The number of carboxylic acid groups (broad SMARTS) is 1. The van der Waals surface area contributed by atoms with E-state index in [9.17, 15) is 28.7 Å². The van der Waals surface area contributed by atoms with Crippen molar-refractivity contribution in [3.63, 3.8) is 0 Å². The van der Waals surface area contributed by atoms with Crippen molar-refractivity contribution in [1.82, 2.24) is 35.7 Å². The van der Waals surface area contributed by atoms with Gasteiger partial charge in [-0.25, -0.2) is 14.0 Å². The number of fused-ring (bicyclic) bond motifs is 2. The first-order chi connectivity index (χ1) is 20.9. The van der Waals surface area contributed by atoms with Crippen molar-refractivity contribution < 1.29 is 33.4 Å². The fourth-order valence-corrected chi connectivity index (χ4v) is 5.79. The van der Waals surface area contributed by atoms with Gasteiger partial charge in [-0.05, 0) is 75.9 Å². The highest BCUT2D eigenvalue weighted by molar-refractivity contribution is 5.96. The number of halogens is 1. The van der Waals surface area contributed by atoms with Crippen LogP contribution in [0.4, 0.5) is 9.18 Å². The second-order valence-corrected chi connectivity index (χ2v) is 12.7. The standard InChI is InChI=1S/C30H38FN7O6/c1-29(2,3)44-28(43)32-22-10-8-6-4-5-7-9-19-16-30(19,27(41)42)33-25(39)23-15-21(17-37(23)26(22)40)38-35-24(34-36-38)18-11-13-20(31)14-12-18/h7,9,11-14,19,21-23H,4-6,8,10,15-17H2,1-3H3,(H,32,43)(H,33,39)(H,41,42)/b9-7-/t19-,21+,22-,23+,30+/m1/s1. The quantitative estimate of drug-likeness (QED) is 0.440. The van der Waals surface area contributed by atoms with E-state index in [-0.39, 0.29) is 31.1 Å². The second kappa shape index (κ2) is 12.3. The Kier molecular flexibility index (Phi) is 8.71. The third-order valence-electron chi connectivity index (χ3n) is 8.19. The number of aromatic nitrogens is 4. The van der Waals surface area contributed by atoms with E-state index in [4.69, 9.17) is 4.74 Å². The van der Waals surface area contributed by atoms with Gasteiger partial charge in [0.1, 0.15) is 29.0 Å². The molecule has 3 heterocycles. The largest absolute Gasteiger partial charge is 0.479 e. The van der Waals surface area contributed by atoms with Crippen molar-refractivity contribution in [1.29, 1.82) is 0 Å². The van der Waals surface area contributed by atoms with E-state index in [2.05, 4.69) is 26.0 Å². The van der Waals surface area contributed by atoms with Crippen LogP contribution in [0.2, 0.25) is 0 Å². The van der Waals surface area contributed by atoms with Crippen molar-refractivity contribution in [3.8, 4) is 11.4 Å². The van der Waals surface area contributed by atoms with Gasteiger partial charge in [-0.3, -0.25) is 9.59 Å². The molecule has 13 nitrogen and oxygen atoms in total. The fraction of sp³-hybridized carbons (Fsp3) is 0.567. The summed E-state index contributed by atoms with van der Waals surface area (Å²) in [6.45, 7) is 5.18. The zero-order valence-electron chi connectivity index (χ0n) is 25.0. The highest BCUT2D eigenvalue weighted by Crippen LogP contribution is 2.45. The predicted octanol–water partition coefficient (Wildman–Crippen LogP) is 2.99. The van der Waals surface area contributed by atoms with E-state index in [0.29, 0.717) is 18.4 Å². The van der Waals surface area contributed by atoms with Gasteiger partial charge in [0.05, 0.1) is 6.04 Å². The zero-order valence-corrected chi connectivity index (χ0v) is 25.0. The van der Waals surface area contributed by atoms with Crippen molar-refractivity contribution >= 4 is 23.9 Å². The number of carbonyl (C=O) groups excluding carboxylic acids is 3. The molecule has 0 unspecified atom stereocenters. The fourth-order valence-electron chi connectivity index (χ4n) is 5.79. The topological polar surface area (TPSA) is 169 Å². The third-order valence-corrected chi connectivity index (χ3v) is 8.19. The maximum absolute atomic E-state index is 14.1. The molecular weight excluding hydrogens is 573 g/mol. The van der Waals surface area contributed by atoms with Gasteiger partial charge in [0.2, 0.25) is 17.6 Å². The number of hydrogen-bond donors (Lipinski definition) is 3. The molecular formula is C30H38FN7O6. The SMILES string of the molecule is CC(C)(C)OC(=O)N[C@@H]1CCCCC/C=C\[C@@H]2C[C@]2(C(=O)O)NC(=O)[C@@H]2C[C@H](n3nnc(-c4ccc(F)cc4)n3)CN2C1=O. The molecule has 44 heavy (non-hydrogen) atoms. The molecule has 5 rings (SSSR count). The lowest BCUT2D eigenvalue weighted by Crippen LogP contribution is -2.56. The molecule has 0 radical (unpaired) electrons. The van der Waals surface area contributed by atoms with Crippen LogP contribution in [0.5, 0.6) is 0 Å². The van der Waals surface area contributed by atoms with Crippen LogP contribution >= 0.6 is 0 Å². The molecule has 2 aromatic rings. The smallest absolute Gasteiger partial charge is 0.408 e. The molecule has 3 aliphatic rings. The Hall–Kier alpha value is -4.36. The van der Waals surface area contributed by atoms with Gasteiger partial charge in [-0.2, -0.15) is 4.80 Å². The first-order valence-electron chi connectivity index (χ1n) is 14.9. The van der Waals surface area contributed by atoms with Crippen molar-refractivity contribution in [2.24, 2.45) is 5.92 Å². The van der Waals surface area contributed by atoms with Gasteiger partial charge in [-0.15, -0.1) is 10.2 Å². The summed E-state index contributed by atoms with van der Waals surface area (Å²) < 4.78 is 18.8. The number of aliphatic carboxylic acids is 1. The molecule has 1 aromatic heterocycles. The Morgan fingerprint density at radius 3 is 2.61 bits per heavy atom. The van der Waals surface area contributed by atoms with Gasteiger partial charge in [0, 0.05) is 24.4 Å². The number of ether oxygens (including phenoxy) is 1. The van der Waals surface area contributed by atoms with Crippen molar-refractivity contribution in [3.05, 3.63) is 42.2 Å². The predicted molar refractivity (Wildman–Crippen MR) is 154 cm³/mol. The molecule has 236 valence electrons. The van der Waals surface area contributed by atoms with Crippen LogP contribution in [0.15, 0.2) is 36.4 Å². The number of benzene rings is 1. The molecule has 3 N–H and O–H groups in total. The highest BCUT2D eigenvalue weighted by atomic mass is 19.1. The van der Waals surface area contributed by atoms with Crippen LogP contribution in [0, 0.1) is 11.7 Å². The van der Waals surface area contributed by atoms with Crippen LogP contribution in [-0.4, -0.2) is 83.9 Å². The van der Waals surface area contributed by atoms with Crippen LogP contribution < -0.4 is 10.6 Å². The van der Waals surface area contributed by atoms with Gasteiger partial charge in [-0.1, -0.05) is 25.0 Å². The molecule has 0 spiro atoms. The minimum atomic E-state index is -1.45. The van der Waals surface area contributed by atoms with E-state index in [1.54, 1.807) is 20.8 Å². The minimum Gasteiger partial charge on any atom is -0.479 e. The number of nitrogens with one attached hydrogen (secondary N) is 2. The number of hydrogen-bond acceptors (Lipinski definition) is 8. The van der Waals surface area contributed by atoms with Crippen LogP contribution in [0.3, 0.4) is 0 Å². The minimum absolute atomic E-state index is 0.0199. The Balaban J connectivity index is 1.44. The maximum atomic E-state index is 14.1. The van der Waals surface area contributed by atoms with Crippen LogP contribution in [0.1, 0.15) is 71.8 Å². The first kappa shape index (κ1) is 31.1. The van der Waals surface area contributed by atoms with Crippen LogP contribution in [0.25, 0.3) is 11.4 Å². The monoisotopic (exact) mass is 611 g/mol. The molecule has 14 heteroatoms. The lowest BCUT2D eigenvalue weighted by atomic mass is 10.0. The maximum Gasteiger partial charge on any atom is 0.408 e. The summed E-state index contributed by atoms with van der Waals surface area (Å²) in [4.78, 5) is 55.6. The normalized spacial score (nSPS) is 28.5. The Morgan fingerprint density at radius 1 is 1.16 bits per heavy atom. The highest BCUT2D eigenvalue weighted by Gasteiger charge is 2.61. The van der Waals surface area contributed by atoms with E-state index in [1.165, 1.54) is 34.0 Å². The average Bonchev–Trinajstić information content (AvgIpc) is 3.26. The van der Waals surface area contributed by atoms with Gasteiger partial charge >= 0.3 is 12.1 Å². The number of amides is 3. The summed E-state index contributed by atoms with van der Waals surface area (Å²) in [5.74, 6) is -2.75. The molecule has 5 atom stereocenters. The summed E-state index contributed by atoms with van der Waals surface area (Å²) in [5.41, 5.74) is -1.69. The van der Waals surface area contributed by atoms with E-state index in [0.717, 1.165) is 19.3 Å². The number of allylic oxidation sites excluding steroid dienone is 1. The average molecular weight is 612 g/mol. The number of alkyl carbamates (subject to hydrolysis) is 1. The Labute approximate surface area is 254 Å². The van der Waals surface area contributed by atoms with Gasteiger partial charge in [0.15, 0.2) is 0 Å². The molecule has 2 aliphatic heterocycles. The van der Waals surface area contributed by atoms with Crippen molar-refractivity contribution in [2.75, 3.05) is 6.54 Å². The molecule has 1 saturated heterocycles. The molecule has 0 bridgehead atoms. The number of carbonyl (C=O) groups is 4. The number of tetrazole rings is 1. The Morgan fingerprint density at radius 2 is 1.91 bits per heavy atom. The van der Waals surface area contributed by atoms with Gasteiger partial charge < -0.3 is 25.4 Å². The molecule has 1 aromatic carbocycles. The van der Waals surface area contributed by atoms with E-state index in [1.807, 2.05) is 12.2 Å². The summed E-state index contributed by atoms with van der Waals surface area (Å²) in [7, 11) is 0. The van der Waals surface area contributed by atoms with Gasteiger partial charge in [0.25, 0.3) is 0 Å². The number of nitrogens with zero attached hydrogens (tertiary/aromatic N) is 5. The number of carboxylic acids is 1. The van der Waals surface area contributed by atoms with E-state index < -0.39 is 59.0 Å². The molecule has 3 amide bonds. The lowest BCUT2D eigenvalue weighted by molar-refractivity contribution is -0.145. The van der Waals surface area contributed by atoms with Crippen LogP contribution in [-0.2, 0) is 19.1 Å². The number of rotatable bonds is 4. The van der Waals surface area contributed by atoms with Crippen molar-refractivity contribution in [2.45, 2.75) is 95.0 Å². The summed E-state index contributed by atoms with van der Waals surface area (Å²) in [6.07, 6.45) is 6.70. The zero-order chi connectivity index (χ0) is 31.6. The Bertz CT molecular complexity index is 1440.